The maximum atomic E-state index is 10.8. The van der Waals surface area contributed by atoms with E-state index < -0.39 is 0 Å². The lowest BCUT2D eigenvalue weighted by molar-refractivity contribution is 0.443. The molecule has 0 spiro atoms. The van der Waals surface area contributed by atoms with Crippen molar-refractivity contribution in [1.29, 1.82) is 0 Å². The molecule has 2 N–H and O–H groups in total. The minimum Gasteiger partial charge on any atom is -0.507 e. The van der Waals surface area contributed by atoms with E-state index in [1.54, 1.807) is 0 Å². The number of allylic oxidation sites excluding steroid dienone is 6. The van der Waals surface area contributed by atoms with Crippen LogP contribution in [0.4, 0.5) is 0 Å². The van der Waals surface area contributed by atoms with Gasteiger partial charge in [-0.25, -0.2) is 0 Å². The summed E-state index contributed by atoms with van der Waals surface area (Å²) in [6.07, 6.45) is 12.3. The maximum absolute atomic E-state index is 10.8. The van der Waals surface area contributed by atoms with Crippen molar-refractivity contribution in [2.75, 3.05) is 0 Å². The van der Waals surface area contributed by atoms with Gasteiger partial charge in [0.1, 0.15) is 11.5 Å². The molecule has 0 amide bonds. The summed E-state index contributed by atoms with van der Waals surface area (Å²) >= 11 is 0. The molecule has 0 heterocycles. The van der Waals surface area contributed by atoms with Crippen molar-refractivity contribution in [3.63, 3.8) is 0 Å². The molecule has 2 aromatic carbocycles. The van der Waals surface area contributed by atoms with Crippen LogP contribution in [-0.2, 0) is 0 Å². The van der Waals surface area contributed by atoms with Gasteiger partial charge in [0.15, 0.2) is 0 Å². The van der Waals surface area contributed by atoms with Crippen LogP contribution >= 0.6 is 0 Å². The average molecular weight is 346 g/mol. The van der Waals surface area contributed by atoms with Crippen molar-refractivity contribution >= 4 is 0 Å². The molecule has 0 atom stereocenters. The van der Waals surface area contributed by atoms with Crippen molar-refractivity contribution < 1.29 is 10.2 Å². The molecule has 1 aliphatic carbocycles. The van der Waals surface area contributed by atoms with E-state index in [4.69, 9.17) is 0 Å². The zero-order valence-corrected chi connectivity index (χ0v) is 15.8. The highest BCUT2D eigenvalue weighted by atomic mass is 16.3. The second-order valence-corrected chi connectivity index (χ2v) is 7.25. The minimum absolute atomic E-state index is 0.0317. The van der Waals surface area contributed by atoms with Gasteiger partial charge < -0.3 is 10.2 Å². The van der Waals surface area contributed by atoms with Crippen LogP contribution in [0.15, 0.2) is 60.7 Å². The van der Waals surface area contributed by atoms with Gasteiger partial charge in [-0.05, 0) is 38.8 Å². The van der Waals surface area contributed by atoms with E-state index in [9.17, 15) is 10.2 Å². The molecular weight excluding hydrogens is 320 g/mol. The molecule has 0 aliphatic heterocycles. The Bertz CT molecular complexity index is 843. The lowest BCUT2D eigenvalue weighted by Crippen LogP contribution is -2.13. The fraction of sp³-hybridized carbons (Fsp3) is 0.250. The highest BCUT2D eigenvalue weighted by Gasteiger charge is 2.28. The van der Waals surface area contributed by atoms with E-state index in [0.29, 0.717) is 11.5 Å². The van der Waals surface area contributed by atoms with Gasteiger partial charge >= 0.3 is 0 Å². The minimum atomic E-state index is -0.167. The zero-order valence-electron chi connectivity index (χ0n) is 15.8. The van der Waals surface area contributed by atoms with Gasteiger partial charge in [0.25, 0.3) is 0 Å². The van der Waals surface area contributed by atoms with Crippen LogP contribution in [0, 0.1) is 33.6 Å². The smallest absolute Gasteiger partial charge is 0.122 e. The largest absolute Gasteiger partial charge is 0.507 e. The molecule has 1 aliphatic rings. The van der Waals surface area contributed by atoms with Gasteiger partial charge in [-0.3, -0.25) is 0 Å². The van der Waals surface area contributed by atoms with Crippen molar-refractivity contribution in [3.8, 4) is 11.5 Å². The molecule has 0 radical (unpaired) electrons. The number of phenols is 2. The van der Waals surface area contributed by atoms with E-state index in [0.717, 1.165) is 33.4 Å². The predicted molar refractivity (Wildman–Crippen MR) is 108 cm³/mol. The van der Waals surface area contributed by atoms with Crippen LogP contribution in [0.25, 0.3) is 0 Å². The Labute approximate surface area is 155 Å². The van der Waals surface area contributed by atoms with Crippen molar-refractivity contribution in [2.45, 2.75) is 33.6 Å². The predicted octanol–water partition coefficient (Wildman–Crippen LogP) is 5.76. The van der Waals surface area contributed by atoms with Crippen LogP contribution in [0.1, 0.15) is 39.3 Å². The first-order valence-corrected chi connectivity index (χ1v) is 9.00. The van der Waals surface area contributed by atoms with E-state index in [2.05, 4.69) is 12.2 Å². The highest BCUT2D eigenvalue weighted by Crippen LogP contribution is 2.44. The Morgan fingerprint density at radius 1 is 0.654 bits per heavy atom. The second kappa shape index (κ2) is 7.25. The molecule has 3 rings (SSSR count). The fourth-order valence-corrected chi connectivity index (χ4v) is 3.84. The van der Waals surface area contributed by atoms with Gasteiger partial charge in [-0.2, -0.15) is 0 Å². The fourth-order valence-electron chi connectivity index (χ4n) is 3.84. The van der Waals surface area contributed by atoms with Crippen LogP contribution in [0.2, 0.25) is 0 Å². The SMILES string of the molecule is Cc1cc(C)c(O)c(C(c2cc(C)cc(C)c2O)C2C=CC=CC=C2)c1. The molecule has 2 heteroatoms. The van der Waals surface area contributed by atoms with Crippen molar-refractivity contribution in [2.24, 2.45) is 5.92 Å². The first-order chi connectivity index (χ1) is 12.4. The summed E-state index contributed by atoms with van der Waals surface area (Å²) in [7, 11) is 0. The van der Waals surface area contributed by atoms with Crippen LogP contribution in [-0.4, -0.2) is 10.2 Å². The number of rotatable bonds is 3. The number of aromatic hydroxyl groups is 2. The second-order valence-electron chi connectivity index (χ2n) is 7.25. The molecule has 0 saturated heterocycles. The van der Waals surface area contributed by atoms with Gasteiger partial charge in [-0.15, -0.1) is 0 Å². The van der Waals surface area contributed by atoms with E-state index in [1.165, 1.54) is 0 Å². The maximum Gasteiger partial charge on any atom is 0.122 e. The monoisotopic (exact) mass is 346 g/mol. The summed E-state index contributed by atoms with van der Waals surface area (Å²) in [6.45, 7) is 7.92. The average Bonchev–Trinajstić information content (AvgIpc) is 2.85. The van der Waals surface area contributed by atoms with E-state index in [-0.39, 0.29) is 11.8 Å². The van der Waals surface area contributed by atoms with Gasteiger partial charge in [-0.1, -0.05) is 71.8 Å². The van der Waals surface area contributed by atoms with Gasteiger partial charge in [0.05, 0.1) is 0 Å². The molecule has 2 aromatic rings. The Balaban J connectivity index is 2.28. The van der Waals surface area contributed by atoms with Crippen LogP contribution < -0.4 is 0 Å². The summed E-state index contributed by atoms with van der Waals surface area (Å²) in [4.78, 5) is 0. The standard InChI is InChI=1S/C24H26O2/c1-15-11-17(3)23(25)20(13-15)22(19-9-7-5-6-8-10-19)21-14-16(2)12-18(4)24(21)26/h5-14,19,22,25-26H,1-4H3. The third kappa shape index (κ3) is 3.45. The molecule has 26 heavy (non-hydrogen) atoms. The Morgan fingerprint density at radius 2 is 1.08 bits per heavy atom. The van der Waals surface area contributed by atoms with E-state index in [1.807, 2.05) is 76.3 Å². The summed E-state index contributed by atoms with van der Waals surface area (Å²) < 4.78 is 0. The number of benzene rings is 2. The van der Waals surface area contributed by atoms with Crippen molar-refractivity contribution in [1.82, 2.24) is 0 Å². The molecule has 2 nitrogen and oxygen atoms in total. The van der Waals surface area contributed by atoms with Crippen LogP contribution in [0.5, 0.6) is 11.5 Å². The number of hydrogen-bond donors (Lipinski definition) is 2. The Hall–Kier alpha value is -2.74. The molecular formula is C24H26O2. The van der Waals surface area contributed by atoms with Gasteiger partial charge in [0, 0.05) is 23.0 Å². The third-order valence-corrected chi connectivity index (χ3v) is 5.00. The first-order valence-electron chi connectivity index (χ1n) is 9.00. The molecule has 0 saturated carbocycles. The number of phenolic OH excluding ortho intramolecular Hbond substituents is 2. The summed E-state index contributed by atoms with van der Waals surface area (Å²) in [5, 5.41) is 21.7. The quantitative estimate of drug-likeness (QED) is 0.741. The summed E-state index contributed by atoms with van der Waals surface area (Å²) in [5.74, 6) is 0.472. The number of hydrogen-bond acceptors (Lipinski definition) is 2. The van der Waals surface area contributed by atoms with Gasteiger partial charge in [0.2, 0.25) is 0 Å². The molecule has 0 fully saturated rings. The highest BCUT2D eigenvalue weighted by molar-refractivity contribution is 5.55. The molecule has 0 unspecified atom stereocenters. The summed E-state index contributed by atoms with van der Waals surface area (Å²) in [5.41, 5.74) is 5.61. The topological polar surface area (TPSA) is 40.5 Å². The Morgan fingerprint density at radius 3 is 1.50 bits per heavy atom. The molecule has 134 valence electrons. The molecule has 0 bridgehead atoms. The Kier molecular flexibility index (Phi) is 5.03. The third-order valence-electron chi connectivity index (χ3n) is 5.00. The normalized spacial score (nSPS) is 14.2. The first kappa shape index (κ1) is 18.1. The lowest BCUT2D eigenvalue weighted by Gasteiger charge is -2.27. The van der Waals surface area contributed by atoms with E-state index >= 15 is 0 Å². The number of aryl methyl sites for hydroxylation is 4. The zero-order chi connectivity index (χ0) is 18.8. The van der Waals surface area contributed by atoms with Crippen molar-refractivity contribution in [3.05, 3.63) is 94.1 Å². The van der Waals surface area contributed by atoms with Crippen LogP contribution in [0.3, 0.4) is 0 Å². The summed E-state index contributed by atoms with van der Waals surface area (Å²) in [6, 6.07) is 8.03. The lowest BCUT2D eigenvalue weighted by atomic mass is 9.77. The molecule has 0 aromatic heterocycles.